The van der Waals surface area contributed by atoms with Crippen LogP contribution in [0, 0.1) is 5.92 Å². The molecule has 0 radical (unpaired) electrons. The van der Waals surface area contributed by atoms with Crippen LogP contribution in [0.1, 0.15) is 83.5 Å². The monoisotopic (exact) mass is 431 g/mol. The molecule has 2 aliphatic rings. The van der Waals surface area contributed by atoms with Crippen LogP contribution in [0.2, 0.25) is 0 Å². The molecule has 0 bridgehead atoms. The molecule has 0 saturated heterocycles. The van der Waals surface area contributed by atoms with Gasteiger partial charge in [-0.1, -0.05) is 18.2 Å². The third-order valence-corrected chi connectivity index (χ3v) is 6.35. The van der Waals surface area contributed by atoms with Gasteiger partial charge in [0.2, 0.25) is 0 Å². The van der Waals surface area contributed by atoms with Gasteiger partial charge in [0.15, 0.2) is 11.5 Å². The number of carbonyl (C=O) groups excluding carboxylic acids is 2. The SMILES string of the molecule is CC1(NC(=O)c2ccc(C3CCC(C(=O)c4ccccc4C(F)(F)F)CC3)nn2)CC1. The molecule has 2 aromatic rings. The minimum absolute atomic E-state index is 0.0764. The van der Waals surface area contributed by atoms with Gasteiger partial charge < -0.3 is 5.32 Å². The summed E-state index contributed by atoms with van der Waals surface area (Å²) in [5.74, 6) is -1.04. The Balaban J connectivity index is 1.38. The number of hydrogen-bond acceptors (Lipinski definition) is 4. The number of amides is 1. The number of benzene rings is 1. The van der Waals surface area contributed by atoms with Gasteiger partial charge in [-0.25, -0.2) is 0 Å². The normalized spacial score (nSPS) is 22.6. The molecule has 164 valence electrons. The highest BCUT2D eigenvalue weighted by atomic mass is 19.4. The number of nitrogens with zero attached hydrogens (tertiary/aromatic N) is 2. The van der Waals surface area contributed by atoms with E-state index >= 15 is 0 Å². The maximum atomic E-state index is 13.2. The van der Waals surface area contributed by atoms with Crippen LogP contribution in [0.3, 0.4) is 0 Å². The Bertz CT molecular complexity index is 976. The highest BCUT2D eigenvalue weighted by molar-refractivity contribution is 5.99. The molecule has 1 heterocycles. The topological polar surface area (TPSA) is 72.0 Å². The number of rotatable bonds is 5. The van der Waals surface area contributed by atoms with Gasteiger partial charge in [-0.3, -0.25) is 9.59 Å². The molecule has 2 aliphatic carbocycles. The standard InChI is InChI=1S/C23H24F3N3O2/c1-22(12-13-22)27-21(31)19-11-10-18(28-29-19)14-6-8-15(9-7-14)20(30)16-4-2-3-5-17(16)23(24,25)26/h2-5,10-11,14-15H,6-9,12-13H2,1H3,(H,27,31). The molecule has 1 amide bonds. The molecule has 0 unspecified atom stereocenters. The zero-order chi connectivity index (χ0) is 22.2. The summed E-state index contributed by atoms with van der Waals surface area (Å²) in [4.78, 5) is 25.0. The van der Waals surface area contributed by atoms with Crippen LogP contribution < -0.4 is 5.32 Å². The largest absolute Gasteiger partial charge is 0.417 e. The third-order valence-electron chi connectivity index (χ3n) is 6.35. The lowest BCUT2D eigenvalue weighted by molar-refractivity contribution is -0.138. The van der Waals surface area contributed by atoms with Gasteiger partial charge in [0.25, 0.3) is 5.91 Å². The first kappa shape index (κ1) is 21.5. The minimum Gasteiger partial charge on any atom is -0.345 e. The van der Waals surface area contributed by atoms with E-state index in [0.29, 0.717) is 25.7 Å². The zero-order valence-corrected chi connectivity index (χ0v) is 17.2. The lowest BCUT2D eigenvalue weighted by Crippen LogP contribution is -2.34. The Morgan fingerprint density at radius 1 is 1.00 bits per heavy atom. The van der Waals surface area contributed by atoms with Crippen molar-refractivity contribution in [2.45, 2.75) is 63.1 Å². The Labute approximate surface area is 178 Å². The van der Waals surface area contributed by atoms with E-state index in [0.717, 1.165) is 24.6 Å². The van der Waals surface area contributed by atoms with Gasteiger partial charge in [-0.15, -0.1) is 5.10 Å². The number of Topliss-reactive ketones (excluding diaryl/α,β-unsaturated/α-hetero) is 1. The van der Waals surface area contributed by atoms with Gasteiger partial charge in [-0.05, 0) is 63.6 Å². The van der Waals surface area contributed by atoms with E-state index in [2.05, 4.69) is 15.5 Å². The summed E-state index contributed by atoms with van der Waals surface area (Å²) in [5, 5.41) is 11.2. The first-order valence-electron chi connectivity index (χ1n) is 10.5. The number of halogens is 3. The summed E-state index contributed by atoms with van der Waals surface area (Å²) in [6.07, 6.45) is -0.356. The summed E-state index contributed by atoms with van der Waals surface area (Å²) in [6, 6.07) is 8.41. The van der Waals surface area contributed by atoms with E-state index in [1.807, 2.05) is 6.92 Å². The molecule has 2 saturated carbocycles. The molecule has 5 nitrogen and oxygen atoms in total. The number of nitrogens with one attached hydrogen (secondary N) is 1. The molecule has 4 rings (SSSR count). The smallest absolute Gasteiger partial charge is 0.345 e. The summed E-state index contributed by atoms with van der Waals surface area (Å²) in [6.45, 7) is 1.99. The van der Waals surface area contributed by atoms with Crippen LogP contribution in [-0.2, 0) is 6.18 Å². The Hall–Kier alpha value is -2.77. The van der Waals surface area contributed by atoms with Crippen molar-refractivity contribution in [1.82, 2.24) is 15.5 Å². The molecule has 0 spiro atoms. The van der Waals surface area contributed by atoms with Crippen LogP contribution in [0.5, 0.6) is 0 Å². The first-order chi connectivity index (χ1) is 14.7. The van der Waals surface area contributed by atoms with Crippen LogP contribution in [0.15, 0.2) is 36.4 Å². The number of aromatic nitrogens is 2. The number of carbonyl (C=O) groups is 2. The predicted octanol–water partition coefficient (Wildman–Crippen LogP) is 4.93. The van der Waals surface area contributed by atoms with Crippen molar-refractivity contribution < 1.29 is 22.8 Å². The third kappa shape index (κ3) is 4.78. The maximum Gasteiger partial charge on any atom is 0.417 e. The maximum absolute atomic E-state index is 13.2. The van der Waals surface area contributed by atoms with E-state index in [-0.39, 0.29) is 28.6 Å². The minimum atomic E-state index is -4.55. The summed E-state index contributed by atoms with van der Waals surface area (Å²) >= 11 is 0. The van der Waals surface area contributed by atoms with Crippen molar-refractivity contribution in [2.24, 2.45) is 5.92 Å². The van der Waals surface area contributed by atoms with Crippen molar-refractivity contribution >= 4 is 11.7 Å². The highest BCUT2D eigenvalue weighted by Gasteiger charge is 2.39. The number of hydrogen-bond donors (Lipinski definition) is 1. The fourth-order valence-electron chi connectivity index (χ4n) is 4.15. The molecule has 0 aliphatic heterocycles. The fourth-order valence-corrected chi connectivity index (χ4v) is 4.15. The molecule has 2 fully saturated rings. The van der Waals surface area contributed by atoms with Gasteiger partial charge in [0.1, 0.15) is 0 Å². The van der Waals surface area contributed by atoms with Crippen molar-refractivity contribution in [3.8, 4) is 0 Å². The van der Waals surface area contributed by atoms with E-state index in [1.54, 1.807) is 12.1 Å². The van der Waals surface area contributed by atoms with Gasteiger partial charge >= 0.3 is 6.18 Å². The summed E-state index contributed by atoms with van der Waals surface area (Å²) in [7, 11) is 0. The molecular weight excluding hydrogens is 407 g/mol. The van der Waals surface area contributed by atoms with E-state index in [1.165, 1.54) is 18.2 Å². The molecular formula is C23H24F3N3O2. The van der Waals surface area contributed by atoms with Crippen molar-refractivity contribution in [1.29, 1.82) is 0 Å². The molecule has 1 aromatic carbocycles. The van der Waals surface area contributed by atoms with Crippen LogP contribution in [0.4, 0.5) is 13.2 Å². The fraction of sp³-hybridized carbons (Fsp3) is 0.478. The van der Waals surface area contributed by atoms with Crippen molar-refractivity contribution in [3.05, 3.63) is 58.9 Å². The predicted molar refractivity (Wildman–Crippen MR) is 108 cm³/mol. The second kappa shape index (κ2) is 8.05. The van der Waals surface area contributed by atoms with E-state index in [9.17, 15) is 22.8 Å². The molecule has 8 heteroatoms. The van der Waals surface area contributed by atoms with Crippen LogP contribution in [0.25, 0.3) is 0 Å². The summed E-state index contributed by atoms with van der Waals surface area (Å²) in [5.41, 5.74) is -0.243. The number of ketones is 1. The second-order valence-corrected chi connectivity index (χ2v) is 8.81. The Morgan fingerprint density at radius 2 is 1.68 bits per heavy atom. The molecule has 31 heavy (non-hydrogen) atoms. The zero-order valence-electron chi connectivity index (χ0n) is 17.2. The quantitative estimate of drug-likeness (QED) is 0.681. The molecule has 0 atom stereocenters. The molecule has 1 N–H and O–H groups in total. The van der Waals surface area contributed by atoms with Crippen molar-refractivity contribution in [2.75, 3.05) is 0 Å². The van der Waals surface area contributed by atoms with Gasteiger partial charge in [-0.2, -0.15) is 18.3 Å². The summed E-state index contributed by atoms with van der Waals surface area (Å²) < 4.78 is 39.7. The lowest BCUT2D eigenvalue weighted by Gasteiger charge is -2.27. The van der Waals surface area contributed by atoms with Gasteiger partial charge in [0, 0.05) is 22.9 Å². The average Bonchev–Trinajstić information content (AvgIpc) is 3.49. The van der Waals surface area contributed by atoms with E-state index in [4.69, 9.17) is 0 Å². The average molecular weight is 431 g/mol. The first-order valence-corrected chi connectivity index (χ1v) is 10.5. The number of alkyl halides is 3. The van der Waals surface area contributed by atoms with Crippen LogP contribution in [-0.4, -0.2) is 27.4 Å². The molecule has 1 aromatic heterocycles. The van der Waals surface area contributed by atoms with E-state index < -0.39 is 23.4 Å². The highest BCUT2D eigenvalue weighted by Crippen LogP contribution is 2.39. The Morgan fingerprint density at radius 3 is 2.26 bits per heavy atom. The van der Waals surface area contributed by atoms with Crippen LogP contribution >= 0.6 is 0 Å². The van der Waals surface area contributed by atoms with Gasteiger partial charge in [0.05, 0.1) is 11.3 Å². The second-order valence-electron chi connectivity index (χ2n) is 8.81. The van der Waals surface area contributed by atoms with Crippen molar-refractivity contribution in [3.63, 3.8) is 0 Å². The lowest BCUT2D eigenvalue weighted by atomic mass is 9.77. The Kier molecular flexibility index (Phi) is 5.58.